The van der Waals surface area contributed by atoms with Crippen LogP contribution in [0.5, 0.6) is 0 Å². The molecular formula is C13H20N4OS2. The quantitative estimate of drug-likeness (QED) is 0.910. The minimum Gasteiger partial charge on any atom is -0.375 e. The van der Waals surface area contributed by atoms with Gasteiger partial charge in [0, 0.05) is 42.2 Å². The number of hydrogen-bond acceptors (Lipinski definition) is 6. The zero-order valence-corrected chi connectivity index (χ0v) is 13.1. The Morgan fingerprint density at radius 1 is 1.40 bits per heavy atom. The Morgan fingerprint density at radius 3 is 2.90 bits per heavy atom. The number of rotatable bonds is 3. The van der Waals surface area contributed by atoms with Gasteiger partial charge >= 0.3 is 0 Å². The molecule has 20 heavy (non-hydrogen) atoms. The average Bonchev–Trinajstić information content (AvgIpc) is 3.09. The molecule has 0 aliphatic carbocycles. The Morgan fingerprint density at radius 2 is 2.20 bits per heavy atom. The van der Waals surface area contributed by atoms with Crippen molar-refractivity contribution in [2.45, 2.75) is 25.4 Å². The van der Waals surface area contributed by atoms with Crippen molar-refractivity contribution < 1.29 is 4.79 Å². The van der Waals surface area contributed by atoms with Gasteiger partial charge in [0.05, 0.1) is 6.04 Å². The summed E-state index contributed by atoms with van der Waals surface area (Å²) < 4.78 is 0. The van der Waals surface area contributed by atoms with E-state index in [4.69, 9.17) is 5.73 Å². The lowest BCUT2D eigenvalue weighted by molar-refractivity contribution is -0.135. The van der Waals surface area contributed by atoms with Crippen LogP contribution in [0.15, 0.2) is 6.20 Å². The summed E-state index contributed by atoms with van der Waals surface area (Å²) in [6.45, 7) is 3.60. The minimum absolute atomic E-state index is 0.0569. The fourth-order valence-corrected chi connectivity index (χ4v) is 4.50. The topological polar surface area (TPSA) is 62.5 Å². The number of amides is 1. The molecule has 0 radical (unpaired) electrons. The number of likely N-dealkylation sites (tertiary alicyclic amines) is 1. The van der Waals surface area contributed by atoms with Crippen molar-refractivity contribution >= 4 is 34.1 Å². The molecule has 2 N–H and O–H groups in total. The van der Waals surface area contributed by atoms with E-state index in [1.54, 1.807) is 0 Å². The van der Waals surface area contributed by atoms with Crippen LogP contribution in [0.2, 0.25) is 0 Å². The van der Waals surface area contributed by atoms with Crippen LogP contribution < -0.4 is 5.73 Å². The van der Waals surface area contributed by atoms with Gasteiger partial charge in [-0.25, -0.2) is 4.98 Å². The highest BCUT2D eigenvalue weighted by atomic mass is 32.2. The second-order valence-electron chi connectivity index (χ2n) is 5.23. The number of nitrogen functional groups attached to an aromatic ring is 1. The fraction of sp³-hybridized carbons (Fsp3) is 0.692. The van der Waals surface area contributed by atoms with E-state index in [0.29, 0.717) is 11.0 Å². The number of thiazole rings is 1. The minimum atomic E-state index is 0.0569. The first-order chi connectivity index (χ1) is 9.74. The van der Waals surface area contributed by atoms with Gasteiger partial charge in [-0.1, -0.05) is 0 Å². The van der Waals surface area contributed by atoms with E-state index < -0.39 is 0 Å². The summed E-state index contributed by atoms with van der Waals surface area (Å²) in [5.41, 5.74) is 5.68. The van der Waals surface area contributed by atoms with Crippen LogP contribution in [0.4, 0.5) is 5.13 Å². The lowest BCUT2D eigenvalue weighted by Gasteiger charge is -2.32. The maximum Gasteiger partial charge on any atom is 0.239 e. The smallest absolute Gasteiger partial charge is 0.239 e. The van der Waals surface area contributed by atoms with Crippen LogP contribution in [-0.2, 0) is 11.3 Å². The van der Waals surface area contributed by atoms with E-state index in [9.17, 15) is 4.79 Å². The molecule has 2 saturated heterocycles. The van der Waals surface area contributed by atoms with Gasteiger partial charge in [0.25, 0.3) is 0 Å². The van der Waals surface area contributed by atoms with Crippen molar-refractivity contribution in [3.05, 3.63) is 11.1 Å². The molecule has 5 nitrogen and oxygen atoms in total. The Balaban J connectivity index is 1.63. The Kier molecular flexibility index (Phi) is 4.48. The summed E-state index contributed by atoms with van der Waals surface area (Å²) in [4.78, 5) is 22.2. The van der Waals surface area contributed by atoms with Crippen molar-refractivity contribution in [3.8, 4) is 0 Å². The van der Waals surface area contributed by atoms with Crippen LogP contribution >= 0.6 is 23.1 Å². The Hall–Kier alpha value is -0.790. The average molecular weight is 312 g/mol. The molecule has 7 heteroatoms. The summed E-state index contributed by atoms with van der Waals surface area (Å²) in [7, 11) is 0. The number of carbonyl (C=O) groups excluding carboxylic acids is 1. The van der Waals surface area contributed by atoms with Gasteiger partial charge in [0.15, 0.2) is 5.13 Å². The summed E-state index contributed by atoms with van der Waals surface area (Å²) in [6, 6.07) is 0.0569. The van der Waals surface area contributed by atoms with Crippen LogP contribution in [0.1, 0.15) is 17.7 Å². The molecule has 110 valence electrons. The van der Waals surface area contributed by atoms with E-state index in [2.05, 4.69) is 9.88 Å². The lowest BCUT2D eigenvalue weighted by Crippen LogP contribution is -2.48. The summed E-state index contributed by atoms with van der Waals surface area (Å²) in [5, 5.41) is 0.607. The van der Waals surface area contributed by atoms with Gasteiger partial charge in [-0.2, -0.15) is 11.8 Å². The predicted octanol–water partition coefficient (Wildman–Crippen LogP) is 1.27. The van der Waals surface area contributed by atoms with E-state index >= 15 is 0 Å². The van der Waals surface area contributed by atoms with Crippen molar-refractivity contribution in [2.24, 2.45) is 0 Å². The normalized spacial score (nSPS) is 24.2. The molecular weight excluding hydrogens is 292 g/mol. The van der Waals surface area contributed by atoms with Gasteiger partial charge in [0.2, 0.25) is 5.91 Å². The number of nitrogens with two attached hydrogens (primary N) is 1. The maximum absolute atomic E-state index is 12.6. The molecule has 1 aromatic rings. The van der Waals surface area contributed by atoms with E-state index in [1.807, 2.05) is 22.9 Å². The molecule has 2 fully saturated rings. The van der Waals surface area contributed by atoms with Gasteiger partial charge in [-0.3, -0.25) is 9.69 Å². The van der Waals surface area contributed by atoms with Gasteiger partial charge in [0.1, 0.15) is 0 Å². The molecule has 1 atom stereocenters. The first-order valence-corrected chi connectivity index (χ1v) is 9.02. The number of anilines is 1. The largest absolute Gasteiger partial charge is 0.375 e. The fourth-order valence-electron chi connectivity index (χ4n) is 2.89. The molecule has 1 aromatic heterocycles. The number of aromatic nitrogens is 1. The Labute approximate surface area is 127 Å². The van der Waals surface area contributed by atoms with Crippen molar-refractivity contribution in [3.63, 3.8) is 0 Å². The van der Waals surface area contributed by atoms with Crippen molar-refractivity contribution in [1.82, 2.24) is 14.8 Å². The third-order valence-electron chi connectivity index (χ3n) is 3.90. The molecule has 3 rings (SSSR count). The monoisotopic (exact) mass is 312 g/mol. The molecule has 1 amide bonds. The Bertz CT molecular complexity index is 473. The first-order valence-electron chi connectivity index (χ1n) is 7.05. The second-order valence-corrected chi connectivity index (χ2v) is 7.60. The number of hydrogen-bond donors (Lipinski definition) is 1. The molecule has 0 spiro atoms. The van der Waals surface area contributed by atoms with Crippen LogP contribution in [0.3, 0.4) is 0 Å². The zero-order chi connectivity index (χ0) is 13.9. The molecule has 0 saturated carbocycles. The number of carbonyl (C=O) groups is 1. The zero-order valence-electron chi connectivity index (χ0n) is 11.5. The van der Waals surface area contributed by atoms with E-state index in [0.717, 1.165) is 55.4 Å². The molecule has 1 unspecified atom stereocenters. The molecule has 3 heterocycles. The first kappa shape index (κ1) is 14.2. The van der Waals surface area contributed by atoms with Gasteiger partial charge < -0.3 is 10.6 Å². The highest BCUT2D eigenvalue weighted by Crippen LogP contribution is 2.25. The molecule has 0 bridgehead atoms. The van der Waals surface area contributed by atoms with Gasteiger partial charge in [-0.05, 0) is 19.4 Å². The molecule has 2 aliphatic rings. The number of thioether (sulfide) groups is 1. The summed E-state index contributed by atoms with van der Waals surface area (Å²) in [6.07, 6.45) is 3.92. The number of nitrogens with zero attached hydrogens (tertiary/aromatic N) is 3. The standard InChI is InChI=1S/C13H20N4OS2/c14-13-15-8-10(20-13)9-17-3-1-2-11(17)12(18)16-4-6-19-7-5-16/h8,11H,1-7,9H2,(H2,14,15). The third-order valence-corrected chi connectivity index (χ3v) is 5.66. The lowest BCUT2D eigenvalue weighted by atomic mass is 10.2. The SMILES string of the molecule is Nc1ncc(CN2CCCC2C(=O)N2CCSCC2)s1. The summed E-state index contributed by atoms with van der Waals surface area (Å²) >= 11 is 3.46. The van der Waals surface area contributed by atoms with Crippen LogP contribution in [0, 0.1) is 0 Å². The molecule has 0 aromatic carbocycles. The van der Waals surface area contributed by atoms with Crippen molar-refractivity contribution in [1.29, 1.82) is 0 Å². The van der Waals surface area contributed by atoms with Crippen LogP contribution in [-0.4, -0.2) is 57.9 Å². The highest BCUT2D eigenvalue weighted by Gasteiger charge is 2.34. The van der Waals surface area contributed by atoms with Crippen molar-refractivity contribution in [2.75, 3.05) is 36.9 Å². The van der Waals surface area contributed by atoms with Gasteiger partial charge in [-0.15, -0.1) is 11.3 Å². The maximum atomic E-state index is 12.6. The summed E-state index contributed by atoms with van der Waals surface area (Å²) in [5.74, 6) is 2.47. The third kappa shape index (κ3) is 3.10. The second kappa shape index (κ2) is 6.32. The molecule has 2 aliphatic heterocycles. The van der Waals surface area contributed by atoms with E-state index in [-0.39, 0.29) is 6.04 Å². The van der Waals surface area contributed by atoms with Crippen LogP contribution in [0.25, 0.3) is 0 Å². The van der Waals surface area contributed by atoms with E-state index in [1.165, 1.54) is 11.3 Å². The predicted molar refractivity (Wildman–Crippen MR) is 83.9 cm³/mol. The highest BCUT2D eigenvalue weighted by molar-refractivity contribution is 7.99.